The van der Waals surface area contributed by atoms with Gasteiger partial charge in [-0.1, -0.05) is 13.8 Å². The van der Waals surface area contributed by atoms with Gasteiger partial charge in [0.05, 0.1) is 23.9 Å². The second-order valence-corrected chi connectivity index (χ2v) is 5.26. The van der Waals surface area contributed by atoms with E-state index in [0.717, 1.165) is 28.9 Å². The van der Waals surface area contributed by atoms with E-state index in [4.69, 9.17) is 10.5 Å². The number of anilines is 2. The highest BCUT2D eigenvalue weighted by Gasteiger charge is 2.15. The zero-order chi connectivity index (χ0) is 14.5. The minimum Gasteiger partial charge on any atom is -0.398 e. The van der Waals surface area contributed by atoms with Crippen molar-refractivity contribution in [3.05, 3.63) is 30.5 Å². The van der Waals surface area contributed by atoms with Crippen LogP contribution in [0.4, 0.5) is 11.4 Å². The van der Waals surface area contributed by atoms with Crippen molar-refractivity contribution in [3.63, 3.8) is 0 Å². The fourth-order valence-electron chi connectivity index (χ4n) is 2.16. The van der Waals surface area contributed by atoms with Crippen molar-refractivity contribution in [2.45, 2.75) is 26.8 Å². The zero-order valence-corrected chi connectivity index (χ0v) is 12.4. The van der Waals surface area contributed by atoms with E-state index in [9.17, 15) is 0 Å². The van der Waals surface area contributed by atoms with E-state index in [1.807, 2.05) is 31.2 Å². The van der Waals surface area contributed by atoms with Crippen LogP contribution in [0.1, 0.15) is 20.8 Å². The molecular weight excluding hydrogens is 250 g/mol. The Morgan fingerprint density at radius 1 is 1.30 bits per heavy atom. The first-order valence-electron chi connectivity index (χ1n) is 7.11. The van der Waals surface area contributed by atoms with E-state index < -0.39 is 0 Å². The Morgan fingerprint density at radius 2 is 2.10 bits per heavy atom. The van der Waals surface area contributed by atoms with Crippen molar-refractivity contribution in [3.8, 4) is 0 Å². The molecule has 0 aliphatic carbocycles. The zero-order valence-electron chi connectivity index (χ0n) is 12.4. The third kappa shape index (κ3) is 3.20. The third-order valence-corrected chi connectivity index (χ3v) is 3.45. The molecule has 2 rings (SSSR count). The van der Waals surface area contributed by atoms with Crippen LogP contribution in [0, 0.1) is 5.92 Å². The number of nitrogens with one attached hydrogen (secondary N) is 1. The van der Waals surface area contributed by atoms with E-state index in [0.29, 0.717) is 12.5 Å². The molecular formula is C16H23N3O. The van der Waals surface area contributed by atoms with Gasteiger partial charge in [0, 0.05) is 23.9 Å². The molecule has 2 aromatic rings. The van der Waals surface area contributed by atoms with Gasteiger partial charge in [0.1, 0.15) is 0 Å². The van der Waals surface area contributed by atoms with E-state index in [2.05, 4.69) is 24.1 Å². The first-order valence-corrected chi connectivity index (χ1v) is 7.11. The number of ether oxygens (including phenoxy) is 1. The maximum absolute atomic E-state index is 6.00. The predicted molar refractivity (Wildman–Crippen MR) is 84.9 cm³/mol. The van der Waals surface area contributed by atoms with E-state index in [-0.39, 0.29) is 6.04 Å². The molecule has 0 fully saturated rings. The van der Waals surface area contributed by atoms with Gasteiger partial charge in [-0.2, -0.15) is 0 Å². The first-order chi connectivity index (χ1) is 9.63. The Labute approximate surface area is 120 Å². The lowest BCUT2D eigenvalue weighted by atomic mass is 10.0. The largest absolute Gasteiger partial charge is 0.398 e. The van der Waals surface area contributed by atoms with Crippen LogP contribution in [0.25, 0.3) is 10.9 Å². The van der Waals surface area contributed by atoms with Gasteiger partial charge in [0.25, 0.3) is 0 Å². The molecule has 3 N–H and O–H groups in total. The number of hydrogen-bond acceptors (Lipinski definition) is 4. The van der Waals surface area contributed by atoms with Gasteiger partial charge in [-0.05, 0) is 37.1 Å². The van der Waals surface area contributed by atoms with Crippen molar-refractivity contribution < 1.29 is 4.74 Å². The van der Waals surface area contributed by atoms with Gasteiger partial charge in [0.2, 0.25) is 0 Å². The molecule has 0 amide bonds. The third-order valence-electron chi connectivity index (χ3n) is 3.45. The molecule has 1 unspecified atom stereocenters. The number of nitrogens with two attached hydrogens (primary N) is 1. The fraction of sp³-hybridized carbons (Fsp3) is 0.438. The molecule has 0 spiro atoms. The SMILES string of the molecule is CCOCC(Nc1ccc(N)c2cccnc12)C(C)C. The summed E-state index contributed by atoms with van der Waals surface area (Å²) in [5, 5.41) is 4.52. The van der Waals surface area contributed by atoms with Crippen LogP contribution in [-0.4, -0.2) is 24.2 Å². The average molecular weight is 273 g/mol. The highest BCUT2D eigenvalue weighted by molar-refractivity contribution is 5.98. The van der Waals surface area contributed by atoms with Gasteiger partial charge in [-0.25, -0.2) is 0 Å². The van der Waals surface area contributed by atoms with Crippen LogP contribution in [0.15, 0.2) is 30.5 Å². The van der Waals surface area contributed by atoms with Crippen molar-refractivity contribution in [1.82, 2.24) is 4.98 Å². The van der Waals surface area contributed by atoms with Crippen LogP contribution < -0.4 is 11.1 Å². The topological polar surface area (TPSA) is 60.2 Å². The molecule has 1 aromatic heterocycles. The number of rotatable bonds is 6. The molecule has 1 heterocycles. The second kappa shape index (κ2) is 6.57. The molecule has 4 heteroatoms. The number of nitrogens with zero attached hydrogens (tertiary/aromatic N) is 1. The highest BCUT2D eigenvalue weighted by atomic mass is 16.5. The quantitative estimate of drug-likeness (QED) is 0.793. The summed E-state index contributed by atoms with van der Waals surface area (Å²) in [6, 6.07) is 8.07. The monoisotopic (exact) mass is 273 g/mol. The maximum Gasteiger partial charge on any atom is 0.0953 e. The Hall–Kier alpha value is -1.81. The Balaban J connectivity index is 2.30. The summed E-state index contributed by atoms with van der Waals surface area (Å²) in [6.07, 6.45) is 1.79. The predicted octanol–water partition coefficient (Wildman–Crippen LogP) is 3.29. The van der Waals surface area contributed by atoms with E-state index in [1.165, 1.54) is 0 Å². The number of hydrogen-bond donors (Lipinski definition) is 2. The summed E-state index contributed by atoms with van der Waals surface area (Å²) in [6.45, 7) is 7.79. The summed E-state index contributed by atoms with van der Waals surface area (Å²) >= 11 is 0. The Morgan fingerprint density at radius 3 is 2.80 bits per heavy atom. The Bertz CT molecular complexity index is 569. The van der Waals surface area contributed by atoms with Gasteiger partial charge >= 0.3 is 0 Å². The number of aromatic nitrogens is 1. The fourth-order valence-corrected chi connectivity index (χ4v) is 2.16. The van der Waals surface area contributed by atoms with Crippen LogP contribution in [-0.2, 0) is 4.74 Å². The lowest BCUT2D eigenvalue weighted by molar-refractivity contribution is 0.127. The van der Waals surface area contributed by atoms with Crippen molar-refractivity contribution >= 4 is 22.3 Å². The van der Waals surface area contributed by atoms with Crippen molar-refractivity contribution in [2.75, 3.05) is 24.3 Å². The minimum atomic E-state index is 0.254. The summed E-state index contributed by atoms with van der Waals surface area (Å²) in [7, 11) is 0. The maximum atomic E-state index is 6.00. The van der Waals surface area contributed by atoms with Crippen molar-refractivity contribution in [2.24, 2.45) is 5.92 Å². The molecule has 0 saturated heterocycles. The lowest BCUT2D eigenvalue weighted by Gasteiger charge is -2.24. The molecule has 108 valence electrons. The number of fused-ring (bicyclic) bond motifs is 1. The first kappa shape index (κ1) is 14.6. The summed E-state index contributed by atoms with van der Waals surface area (Å²) in [5.74, 6) is 0.470. The van der Waals surface area contributed by atoms with Gasteiger partial charge in [0.15, 0.2) is 0 Å². The summed E-state index contributed by atoms with van der Waals surface area (Å²) in [5.41, 5.74) is 8.68. The molecule has 0 radical (unpaired) electrons. The summed E-state index contributed by atoms with van der Waals surface area (Å²) < 4.78 is 5.56. The van der Waals surface area contributed by atoms with Gasteiger partial charge in [-0.15, -0.1) is 0 Å². The smallest absolute Gasteiger partial charge is 0.0953 e. The molecule has 0 aliphatic heterocycles. The highest BCUT2D eigenvalue weighted by Crippen LogP contribution is 2.27. The van der Waals surface area contributed by atoms with E-state index >= 15 is 0 Å². The molecule has 1 aromatic carbocycles. The molecule has 20 heavy (non-hydrogen) atoms. The normalized spacial score (nSPS) is 12.8. The standard InChI is InChI=1S/C16H23N3O/c1-4-20-10-15(11(2)3)19-14-8-7-13(17)12-6-5-9-18-16(12)14/h5-9,11,15,19H,4,10,17H2,1-3H3. The van der Waals surface area contributed by atoms with Gasteiger partial charge < -0.3 is 15.8 Å². The minimum absolute atomic E-state index is 0.254. The Kier molecular flexibility index (Phi) is 4.79. The number of nitrogen functional groups attached to an aromatic ring is 1. The van der Waals surface area contributed by atoms with Crippen LogP contribution in [0.5, 0.6) is 0 Å². The van der Waals surface area contributed by atoms with Crippen LogP contribution in [0.3, 0.4) is 0 Å². The molecule has 0 saturated carbocycles. The van der Waals surface area contributed by atoms with E-state index in [1.54, 1.807) is 6.20 Å². The molecule has 1 atom stereocenters. The number of pyridine rings is 1. The van der Waals surface area contributed by atoms with Gasteiger partial charge in [-0.3, -0.25) is 4.98 Å². The molecule has 0 bridgehead atoms. The average Bonchev–Trinajstić information content (AvgIpc) is 2.45. The lowest BCUT2D eigenvalue weighted by Crippen LogP contribution is -2.31. The van der Waals surface area contributed by atoms with Crippen molar-refractivity contribution in [1.29, 1.82) is 0 Å². The summed E-state index contributed by atoms with van der Waals surface area (Å²) in [4.78, 5) is 4.45. The molecule has 0 aliphatic rings. The second-order valence-electron chi connectivity index (χ2n) is 5.26. The number of benzene rings is 1. The molecule has 4 nitrogen and oxygen atoms in total. The van der Waals surface area contributed by atoms with Crippen LogP contribution >= 0.6 is 0 Å². The van der Waals surface area contributed by atoms with Crippen LogP contribution in [0.2, 0.25) is 0 Å².